The molecule has 0 radical (unpaired) electrons. The van der Waals surface area contributed by atoms with Gasteiger partial charge in [-0.1, -0.05) is 6.92 Å². The van der Waals surface area contributed by atoms with Gasteiger partial charge in [0.1, 0.15) is 5.82 Å². The molecule has 1 aromatic carbocycles. The van der Waals surface area contributed by atoms with Gasteiger partial charge in [-0.25, -0.2) is 13.2 Å². The molecule has 1 amide bonds. The van der Waals surface area contributed by atoms with Crippen LogP contribution in [0.1, 0.15) is 24.8 Å². The van der Waals surface area contributed by atoms with Crippen LogP contribution in [0.4, 0.5) is 13.2 Å². The second kappa shape index (κ2) is 4.39. The van der Waals surface area contributed by atoms with E-state index in [2.05, 4.69) is 5.32 Å². The van der Waals surface area contributed by atoms with Crippen LogP contribution < -0.4 is 5.32 Å². The first-order valence-corrected chi connectivity index (χ1v) is 5.41. The molecule has 1 fully saturated rings. The van der Waals surface area contributed by atoms with Crippen LogP contribution in [0, 0.1) is 23.4 Å². The zero-order valence-electron chi connectivity index (χ0n) is 9.27. The molecule has 0 aliphatic carbocycles. The maximum Gasteiger partial charge on any atom is 0.222 e. The zero-order chi connectivity index (χ0) is 12.6. The Hall–Kier alpha value is -1.52. The minimum atomic E-state index is -1.15. The van der Waals surface area contributed by atoms with Gasteiger partial charge in [-0.2, -0.15) is 0 Å². The van der Waals surface area contributed by atoms with Gasteiger partial charge in [0.15, 0.2) is 11.6 Å². The number of rotatable bonds is 1. The second-order valence-electron chi connectivity index (χ2n) is 4.34. The highest BCUT2D eigenvalue weighted by molar-refractivity contribution is 5.79. The topological polar surface area (TPSA) is 29.1 Å². The molecule has 1 aromatic rings. The number of carbonyl (C=O) groups excluding carboxylic acids is 1. The highest BCUT2D eigenvalue weighted by atomic mass is 19.2. The Balaban J connectivity index is 2.35. The van der Waals surface area contributed by atoms with Crippen LogP contribution in [0.3, 0.4) is 0 Å². The number of carbonyl (C=O) groups is 1. The Labute approximate surface area is 96.8 Å². The minimum Gasteiger partial charge on any atom is -0.355 e. The van der Waals surface area contributed by atoms with Crippen molar-refractivity contribution in [3.8, 4) is 0 Å². The summed E-state index contributed by atoms with van der Waals surface area (Å²) in [5, 5.41) is 2.56. The Bertz CT molecular complexity index is 461. The first-order chi connectivity index (χ1) is 8.00. The van der Waals surface area contributed by atoms with Crippen LogP contribution in [0.15, 0.2) is 12.1 Å². The lowest BCUT2D eigenvalue weighted by Crippen LogP contribution is -2.39. The second-order valence-corrected chi connectivity index (χ2v) is 4.34. The predicted molar refractivity (Wildman–Crippen MR) is 55.8 cm³/mol. The quantitative estimate of drug-likeness (QED) is 0.754. The van der Waals surface area contributed by atoms with E-state index >= 15 is 0 Å². The highest BCUT2D eigenvalue weighted by Crippen LogP contribution is 2.31. The minimum absolute atomic E-state index is 0.139. The molecule has 2 atom stereocenters. The van der Waals surface area contributed by atoms with Crippen molar-refractivity contribution in [2.45, 2.75) is 19.3 Å². The lowest BCUT2D eigenvalue weighted by atomic mass is 9.85. The van der Waals surface area contributed by atoms with Crippen molar-refractivity contribution in [1.29, 1.82) is 0 Å². The molecule has 1 heterocycles. The van der Waals surface area contributed by atoms with E-state index in [1.807, 2.05) is 0 Å². The van der Waals surface area contributed by atoms with E-state index in [9.17, 15) is 18.0 Å². The molecular formula is C12H12F3NO. The van der Waals surface area contributed by atoms with Crippen molar-refractivity contribution < 1.29 is 18.0 Å². The van der Waals surface area contributed by atoms with E-state index in [-0.39, 0.29) is 23.9 Å². The first-order valence-electron chi connectivity index (χ1n) is 5.41. The molecule has 2 rings (SSSR count). The van der Waals surface area contributed by atoms with E-state index < -0.39 is 23.4 Å². The number of hydrogen-bond acceptors (Lipinski definition) is 1. The molecule has 1 N–H and O–H groups in total. The smallest absolute Gasteiger partial charge is 0.222 e. The van der Waals surface area contributed by atoms with E-state index in [1.54, 1.807) is 6.92 Å². The van der Waals surface area contributed by atoms with Crippen LogP contribution in [0.2, 0.25) is 0 Å². The number of halogens is 3. The van der Waals surface area contributed by atoms with Crippen LogP contribution in [0.25, 0.3) is 0 Å². The zero-order valence-corrected chi connectivity index (χ0v) is 9.27. The van der Waals surface area contributed by atoms with Gasteiger partial charge in [0.2, 0.25) is 5.91 Å². The lowest BCUT2D eigenvalue weighted by molar-refractivity contribution is -0.126. The molecule has 0 aromatic heterocycles. The largest absolute Gasteiger partial charge is 0.355 e. The third-order valence-electron chi connectivity index (χ3n) is 3.10. The van der Waals surface area contributed by atoms with E-state index in [4.69, 9.17) is 0 Å². The Kier molecular flexibility index (Phi) is 3.09. The summed E-state index contributed by atoms with van der Waals surface area (Å²) < 4.78 is 40.1. The van der Waals surface area contributed by atoms with Crippen LogP contribution in [-0.4, -0.2) is 12.5 Å². The SMILES string of the molecule is CC1CC(c2c(F)ccc(F)c2F)CNC1=O. The van der Waals surface area contributed by atoms with Gasteiger partial charge in [0.25, 0.3) is 0 Å². The van der Waals surface area contributed by atoms with Crippen molar-refractivity contribution >= 4 is 5.91 Å². The van der Waals surface area contributed by atoms with Gasteiger partial charge < -0.3 is 5.32 Å². The molecule has 0 spiro atoms. The molecule has 0 bridgehead atoms. The third-order valence-corrected chi connectivity index (χ3v) is 3.10. The average molecular weight is 243 g/mol. The number of amides is 1. The Morgan fingerprint density at radius 2 is 1.88 bits per heavy atom. The summed E-state index contributed by atoms with van der Waals surface area (Å²) in [6.07, 6.45) is 0.323. The van der Waals surface area contributed by atoms with Gasteiger partial charge in [0.05, 0.1) is 0 Å². The number of hydrogen-bond donors (Lipinski definition) is 1. The lowest BCUT2D eigenvalue weighted by Gasteiger charge is -2.27. The average Bonchev–Trinajstić information content (AvgIpc) is 2.29. The molecule has 92 valence electrons. The summed E-state index contributed by atoms with van der Waals surface area (Å²) >= 11 is 0. The number of benzene rings is 1. The molecule has 5 heteroatoms. The first kappa shape index (κ1) is 12.0. The molecular weight excluding hydrogens is 231 g/mol. The molecule has 1 aliphatic heterocycles. The summed E-state index contributed by atoms with van der Waals surface area (Å²) in [6.45, 7) is 1.82. The van der Waals surface area contributed by atoms with E-state index in [1.165, 1.54) is 0 Å². The van der Waals surface area contributed by atoms with Gasteiger partial charge in [0, 0.05) is 23.9 Å². The fourth-order valence-corrected chi connectivity index (χ4v) is 2.15. The maximum absolute atomic E-state index is 13.5. The Morgan fingerprint density at radius 3 is 2.53 bits per heavy atom. The summed E-state index contributed by atoms with van der Waals surface area (Å²) in [4.78, 5) is 11.2. The molecule has 1 aliphatic rings. The molecule has 0 saturated carbocycles. The third kappa shape index (κ3) is 2.14. The van der Waals surface area contributed by atoms with Crippen molar-refractivity contribution in [1.82, 2.24) is 5.32 Å². The Morgan fingerprint density at radius 1 is 1.24 bits per heavy atom. The molecule has 2 unspecified atom stereocenters. The number of piperidine rings is 1. The van der Waals surface area contributed by atoms with Gasteiger partial charge in [-0.05, 0) is 18.6 Å². The van der Waals surface area contributed by atoms with Crippen molar-refractivity contribution in [3.05, 3.63) is 35.1 Å². The number of nitrogens with one attached hydrogen (secondary N) is 1. The normalized spacial score (nSPS) is 24.6. The van der Waals surface area contributed by atoms with Gasteiger partial charge in [-0.15, -0.1) is 0 Å². The summed E-state index contributed by atoms with van der Waals surface area (Å²) in [5.74, 6) is -3.96. The van der Waals surface area contributed by atoms with Crippen LogP contribution in [0.5, 0.6) is 0 Å². The summed E-state index contributed by atoms with van der Waals surface area (Å²) in [7, 11) is 0. The summed E-state index contributed by atoms with van der Waals surface area (Å²) in [6, 6.07) is 1.67. The highest BCUT2D eigenvalue weighted by Gasteiger charge is 2.30. The van der Waals surface area contributed by atoms with Crippen molar-refractivity contribution in [2.24, 2.45) is 5.92 Å². The monoisotopic (exact) mass is 243 g/mol. The van der Waals surface area contributed by atoms with Crippen LogP contribution >= 0.6 is 0 Å². The predicted octanol–water partition coefficient (Wildman–Crippen LogP) is 2.34. The van der Waals surface area contributed by atoms with Crippen molar-refractivity contribution in [2.75, 3.05) is 6.54 Å². The van der Waals surface area contributed by atoms with E-state index in [0.717, 1.165) is 12.1 Å². The molecule has 17 heavy (non-hydrogen) atoms. The summed E-state index contributed by atoms with van der Waals surface area (Å²) in [5.41, 5.74) is -0.267. The fraction of sp³-hybridized carbons (Fsp3) is 0.417. The van der Waals surface area contributed by atoms with Gasteiger partial charge in [-0.3, -0.25) is 4.79 Å². The fourth-order valence-electron chi connectivity index (χ4n) is 2.15. The van der Waals surface area contributed by atoms with Crippen molar-refractivity contribution in [3.63, 3.8) is 0 Å². The molecule has 2 nitrogen and oxygen atoms in total. The maximum atomic E-state index is 13.5. The standard InChI is InChI=1S/C12H12F3NO/c1-6-4-7(5-16-12(6)17)10-8(13)2-3-9(14)11(10)15/h2-3,6-7H,4-5H2,1H3,(H,16,17). The van der Waals surface area contributed by atoms with Crippen LogP contribution in [-0.2, 0) is 4.79 Å². The molecule has 1 saturated heterocycles. The van der Waals surface area contributed by atoms with Gasteiger partial charge >= 0.3 is 0 Å². The van der Waals surface area contributed by atoms with E-state index in [0.29, 0.717) is 6.42 Å².